The zero-order valence-electron chi connectivity index (χ0n) is 25.4. The van der Waals surface area contributed by atoms with Crippen LogP contribution in [0.3, 0.4) is 0 Å². The molecule has 0 saturated carbocycles. The van der Waals surface area contributed by atoms with Crippen molar-refractivity contribution in [1.29, 1.82) is 0 Å². The molecule has 14 nitrogen and oxygen atoms in total. The zero-order valence-corrected chi connectivity index (χ0v) is 25.4. The van der Waals surface area contributed by atoms with E-state index in [2.05, 4.69) is 0 Å². The lowest BCUT2D eigenvalue weighted by Crippen LogP contribution is -2.63. The fourth-order valence-corrected chi connectivity index (χ4v) is 5.04. The number of hydrogen-bond donors (Lipinski definition) is 1. The van der Waals surface area contributed by atoms with E-state index in [0.29, 0.717) is 17.1 Å². The van der Waals surface area contributed by atoms with E-state index in [1.807, 2.05) is 0 Å². The molecule has 1 saturated heterocycles. The minimum atomic E-state index is -1.51. The lowest BCUT2D eigenvalue weighted by molar-refractivity contribution is -0.288. The Hall–Kier alpha value is -4.85. The van der Waals surface area contributed by atoms with Crippen molar-refractivity contribution < 1.29 is 67.0 Å². The third kappa shape index (κ3) is 8.01. The molecule has 1 fully saturated rings. The number of hydrogen-bond acceptors (Lipinski definition) is 14. The van der Waals surface area contributed by atoms with E-state index in [1.165, 1.54) is 12.1 Å². The molecular weight excluding hydrogens is 596 g/mol. The second-order valence-corrected chi connectivity index (χ2v) is 10.3. The summed E-state index contributed by atoms with van der Waals surface area (Å²) in [5.41, 5.74) is 0.928. The summed E-state index contributed by atoms with van der Waals surface area (Å²) in [6, 6.07) is 7.95. The third-order valence-electron chi connectivity index (χ3n) is 6.89. The highest BCUT2D eigenvalue weighted by molar-refractivity contribution is 6.00. The van der Waals surface area contributed by atoms with Crippen LogP contribution in [0.4, 0.5) is 0 Å². The van der Waals surface area contributed by atoms with Gasteiger partial charge in [0.2, 0.25) is 19.2 Å². The zero-order chi connectivity index (χ0) is 32.8. The van der Waals surface area contributed by atoms with Crippen molar-refractivity contribution in [3.05, 3.63) is 47.0 Å². The molecule has 1 N–H and O–H groups in total. The van der Waals surface area contributed by atoms with Crippen LogP contribution in [0.15, 0.2) is 30.3 Å². The molecular formula is C31H34O14. The summed E-state index contributed by atoms with van der Waals surface area (Å²) in [7, 11) is 0. The summed E-state index contributed by atoms with van der Waals surface area (Å²) in [5.74, 6) is -2.56. The summed E-state index contributed by atoms with van der Waals surface area (Å²) in [5, 5.41) is 11.2. The average molecular weight is 631 g/mol. The number of phenolic OH excluding ortho intramolecular Hbond substituents is 1. The highest BCUT2D eigenvalue weighted by Crippen LogP contribution is 2.37. The Morgan fingerprint density at radius 3 is 2.11 bits per heavy atom. The molecule has 0 aromatic heterocycles. The number of benzene rings is 2. The Balaban J connectivity index is 1.65. The van der Waals surface area contributed by atoms with Crippen molar-refractivity contribution in [1.82, 2.24) is 0 Å². The van der Waals surface area contributed by atoms with E-state index in [1.54, 1.807) is 25.1 Å². The van der Waals surface area contributed by atoms with Gasteiger partial charge in [0.25, 0.3) is 0 Å². The lowest BCUT2D eigenvalue weighted by Gasteiger charge is -2.44. The fourth-order valence-electron chi connectivity index (χ4n) is 5.04. The largest absolute Gasteiger partial charge is 0.507 e. The van der Waals surface area contributed by atoms with Crippen LogP contribution < -0.4 is 14.2 Å². The second kappa shape index (κ2) is 14.3. The molecule has 2 aromatic carbocycles. The molecule has 0 aliphatic carbocycles. The van der Waals surface area contributed by atoms with Crippen molar-refractivity contribution in [2.45, 2.75) is 78.2 Å². The summed E-state index contributed by atoms with van der Waals surface area (Å²) < 4.78 is 44.1. The Labute approximate surface area is 258 Å². The normalized spacial score (nSPS) is 21.8. The molecule has 2 aliphatic heterocycles. The van der Waals surface area contributed by atoms with Gasteiger partial charge in [0.1, 0.15) is 24.2 Å². The molecule has 5 atom stereocenters. The SMILES string of the molecule is CCc1c(O[C@@H]2O[C@@H](COC(C)=O)[C@H](OC(C)=O)[C@@H](OC(C)=O)[C@@H]2OC(C)=O)ccc(C(=O)Cc2ccc3c(c2)OCO3)c1O. The van der Waals surface area contributed by atoms with E-state index < -0.39 is 61.2 Å². The maximum absolute atomic E-state index is 13.2. The second-order valence-electron chi connectivity index (χ2n) is 10.3. The summed E-state index contributed by atoms with van der Waals surface area (Å²) in [4.78, 5) is 61.0. The fraction of sp³-hybridized carbons (Fsp3) is 0.452. The van der Waals surface area contributed by atoms with Gasteiger partial charge in [0, 0.05) is 39.7 Å². The van der Waals surface area contributed by atoms with Crippen LogP contribution in [0.1, 0.15) is 56.1 Å². The number of rotatable bonds is 11. The van der Waals surface area contributed by atoms with Crippen LogP contribution in [0.2, 0.25) is 0 Å². The van der Waals surface area contributed by atoms with Gasteiger partial charge in [-0.15, -0.1) is 0 Å². The number of Topliss-reactive ketones (excluding diaryl/α,β-unsaturated/α-hetero) is 1. The van der Waals surface area contributed by atoms with Gasteiger partial charge in [-0.2, -0.15) is 0 Å². The van der Waals surface area contributed by atoms with Crippen LogP contribution >= 0.6 is 0 Å². The van der Waals surface area contributed by atoms with Gasteiger partial charge < -0.3 is 43.0 Å². The number of ketones is 1. The average Bonchev–Trinajstić information content (AvgIpc) is 3.42. The molecule has 45 heavy (non-hydrogen) atoms. The Kier molecular flexibility index (Phi) is 10.5. The van der Waals surface area contributed by atoms with Crippen molar-refractivity contribution in [3.63, 3.8) is 0 Å². The van der Waals surface area contributed by atoms with E-state index in [4.69, 9.17) is 37.9 Å². The number of esters is 4. The molecule has 2 aromatic rings. The summed E-state index contributed by atoms with van der Waals surface area (Å²) in [6.45, 7) is 5.87. The highest BCUT2D eigenvalue weighted by atomic mass is 16.7. The number of fused-ring (bicyclic) bond motifs is 1. The molecule has 14 heteroatoms. The first-order chi connectivity index (χ1) is 21.4. The molecule has 0 unspecified atom stereocenters. The number of carbonyl (C=O) groups excluding carboxylic acids is 5. The minimum absolute atomic E-state index is 0.0345. The van der Waals surface area contributed by atoms with Crippen LogP contribution in [0, 0.1) is 0 Å². The first kappa shape index (κ1) is 33.1. The van der Waals surface area contributed by atoms with E-state index in [9.17, 15) is 29.1 Å². The first-order valence-electron chi connectivity index (χ1n) is 14.1. The molecule has 0 bridgehead atoms. The predicted octanol–water partition coefficient (Wildman–Crippen LogP) is 2.57. The van der Waals surface area contributed by atoms with Crippen molar-refractivity contribution in [3.8, 4) is 23.0 Å². The summed E-state index contributed by atoms with van der Waals surface area (Å²) >= 11 is 0. The van der Waals surface area contributed by atoms with Crippen LogP contribution in [0.5, 0.6) is 23.0 Å². The summed E-state index contributed by atoms with van der Waals surface area (Å²) in [6.07, 6.45) is -6.82. The monoisotopic (exact) mass is 630 g/mol. The molecule has 0 radical (unpaired) electrons. The van der Waals surface area contributed by atoms with Crippen molar-refractivity contribution >= 4 is 29.7 Å². The Morgan fingerprint density at radius 2 is 1.47 bits per heavy atom. The maximum Gasteiger partial charge on any atom is 0.303 e. The maximum atomic E-state index is 13.2. The number of aromatic hydroxyl groups is 1. The van der Waals surface area contributed by atoms with E-state index in [0.717, 1.165) is 27.7 Å². The molecule has 0 amide bonds. The van der Waals surface area contributed by atoms with Gasteiger partial charge in [-0.05, 0) is 36.2 Å². The number of phenols is 1. The molecule has 4 rings (SSSR count). The standard InChI is InChI=1S/C31H34O14/c1-6-20-23(10-8-21(27(20)37)22(36)11-19-7-9-24-25(12-19)40-14-39-24)44-31-30(43-18(5)35)29(42-17(4)34)28(41-16(3)33)26(45-31)13-38-15(2)32/h7-10,12,26,28-31,37H,6,11,13-14H2,1-5H3/t26-,28-,29+,30-,31+/m0/s1. The van der Waals surface area contributed by atoms with Gasteiger partial charge in [-0.25, -0.2) is 0 Å². The Bertz CT molecular complexity index is 1470. The van der Waals surface area contributed by atoms with Crippen LogP contribution in [-0.2, 0) is 55.7 Å². The number of ether oxygens (including phenoxy) is 8. The minimum Gasteiger partial charge on any atom is -0.507 e. The topological polar surface area (TPSA) is 179 Å². The quantitative estimate of drug-likeness (QED) is 0.217. The third-order valence-corrected chi connectivity index (χ3v) is 6.89. The van der Waals surface area contributed by atoms with Gasteiger partial charge >= 0.3 is 23.9 Å². The highest BCUT2D eigenvalue weighted by Gasteiger charge is 2.53. The van der Waals surface area contributed by atoms with Crippen molar-refractivity contribution in [2.24, 2.45) is 0 Å². The van der Waals surface area contributed by atoms with Gasteiger partial charge in [0.15, 0.2) is 29.5 Å². The predicted molar refractivity (Wildman–Crippen MR) is 151 cm³/mol. The molecule has 242 valence electrons. The molecule has 2 aliphatic rings. The van der Waals surface area contributed by atoms with Gasteiger partial charge in [-0.1, -0.05) is 13.0 Å². The van der Waals surface area contributed by atoms with Crippen LogP contribution in [0.25, 0.3) is 0 Å². The van der Waals surface area contributed by atoms with Crippen molar-refractivity contribution in [2.75, 3.05) is 13.4 Å². The van der Waals surface area contributed by atoms with Crippen LogP contribution in [-0.4, -0.2) is 78.9 Å². The number of carbonyl (C=O) groups is 5. The molecule has 0 spiro atoms. The Morgan fingerprint density at radius 1 is 0.822 bits per heavy atom. The first-order valence-corrected chi connectivity index (χ1v) is 14.1. The van der Waals surface area contributed by atoms with Gasteiger partial charge in [0.05, 0.1) is 5.56 Å². The van der Waals surface area contributed by atoms with Gasteiger partial charge in [-0.3, -0.25) is 24.0 Å². The smallest absolute Gasteiger partial charge is 0.303 e. The molecule has 2 heterocycles. The lowest BCUT2D eigenvalue weighted by atomic mass is 9.97. The van der Waals surface area contributed by atoms with E-state index in [-0.39, 0.29) is 48.0 Å². The van der Waals surface area contributed by atoms with E-state index >= 15 is 0 Å².